The van der Waals surface area contributed by atoms with E-state index in [2.05, 4.69) is 0 Å². The molecule has 1 atom stereocenters. The van der Waals surface area contributed by atoms with Crippen LogP contribution in [0.1, 0.15) is 17.4 Å². The van der Waals surface area contributed by atoms with Gasteiger partial charge in [-0.15, -0.1) is 0 Å². The van der Waals surface area contributed by atoms with Gasteiger partial charge in [0.15, 0.2) is 11.5 Å². The third-order valence-corrected chi connectivity index (χ3v) is 2.81. The van der Waals surface area contributed by atoms with E-state index in [9.17, 15) is 5.11 Å². The molecule has 0 saturated carbocycles. The van der Waals surface area contributed by atoms with Crippen molar-refractivity contribution in [1.82, 2.24) is 0 Å². The zero-order valence-electron chi connectivity index (χ0n) is 9.75. The molecule has 0 fully saturated rings. The SMILES string of the molecule is COc1cc(C(O)c2ccco2)cc2c1OCO2. The van der Waals surface area contributed by atoms with Crippen LogP contribution in [-0.4, -0.2) is 19.0 Å². The first-order valence-electron chi connectivity index (χ1n) is 5.48. The highest BCUT2D eigenvalue weighted by Gasteiger charge is 2.23. The van der Waals surface area contributed by atoms with Gasteiger partial charge in [-0.3, -0.25) is 0 Å². The Morgan fingerprint density at radius 2 is 2.22 bits per heavy atom. The molecular formula is C13H12O5. The molecule has 0 spiro atoms. The van der Waals surface area contributed by atoms with Crippen molar-refractivity contribution in [2.45, 2.75) is 6.10 Å². The Morgan fingerprint density at radius 3 is 2.94 bits per heavy atom. The minimum absolute atomic E-state index is 0.159. The first kappa shape index (κ1) is 11.0. The van der Waals surface area contributed by atoms with Crippen LogP contribution in [0.2, 0.25) is 0 Å². The highest BCUT2D eigenvalue weighted by Crippen LogP contribution is 2.43. The minimum Gasteiger partial charge on any atom is -0.493 e. The summed E-state index contributed by atoms with van der Waals surface area (Å²) in [5.74, 6) is 2.13. The second kappa shape index (κ2) is 4.27. The summed E-state index contributed by atoms with van der Waals surface area (Å²) in [6.07, 6.45) is 0.659. The highest BCUT2D eigenvalue weighted by atomic mass is 16.7. The summed E-state index contributed by atoms with van der Waals surface area (Å²) in [6.45, 7) is 0.159. The van der Waals surface area contributed by atoms with Crippen molar-refractivity contribution in [3.05, 3.63) is 41.9 Å². The van der Waals surface area contributed by atoms with E-state index in [1.807, 2.05) is 0 Å². The molecule has 5 nitrogen and oxygen atoms in total. The van der Waals surface area contributed by atoms with Gasteiger partial charge < -0.3 is 23.7 Å². The number of aliphatic hydroxyl groups is 1. The van der Waals surface area contributed by atoms with Gasteiger partial charge in [0.25, 0.3) is 0 Å². The summed E-state index contributed by atoms with van der Waals surface area (Å²) in [6, 6.07) is 6.86. The van der Waals surface area contributed by atoms with Gasteiger partial charge in [0.05, 0.1) is 13.4 Å². The summed E-state index contributed by atoms with van der Waals surface area (Å²) < 4.78 is 21.0. The van der Waals surface area contributed by atoms with Gasteiger partial charge in [-0.25, -0.2) is 0 Å². The summed E-state index contributed by atoms with van der Waals surface area (Å²) in [5.41, 5.74) is 0.631. The van der Waals surface area contributed by atoms with E-state index < -0.39 is 6.10 Å². The van der Waals surface area contributed by atoms with Crippen LogP contribution in [0, 0.1) is 0 Å². The van der Waals surface area contributed by atoms with Crippen LogP contribution in [0.3, 0.4) is 0 Å². The van der Waals surface area contributed by atoms with Crippen molar-refractivity contribution in [1.29, 1.82) is 0 Å². The maximum absolute atomic E-state index is 10.2. The first-order valence-corrected chi connectivity index (χ1v) is 5.48. The van der Waals surface area contributed by atoms with Gasteiger partial charge in [-0.1, -0.05) is 0 Å². The van der Waals surface area contributed by atoms with E-state index in [4.69, 9.17) is 18.6 Å². The van der Waals surface area contributed by atoms with Crippen molar-refractivity contribution in [3.63, 3.8) is 0 Å². The van der Waals surface area contributed by atoms with Crippen LogP contribution < -0.4 is 14.2 Å². The number of hydrogen-bond donors (Lipinski definition) is 1. The predicted octanol–water partition coefficient (Wildman–Crippen LogP) is 2.10. The van der Waals surface area contributed by atoms with Crippen molar-refractivity contribution < 1.29 is 23.7 Å². The third-order valence-electron chi connectivity index (χ3n) is 2.81. The quantitative estimate of drug-likeness (QED) is 0.901. The van der Waals surface area contributed by atoms with Crippen molar-refractivity contribution >= 4 is 0 Å². The van der Waals surface area contributed by atoms with E-state index in [1.54, 1.807) is 31.4 Å². The second-order valence-corrected chi connectivity index (χ2v) is 3.87. The van der Waals surface area contributed by atoms with Gasteiger partial charge in [0, 0.05) is 0 Å². The number of ether oxygens (including phenoxy) is 3. The Morgan fingerprint density at radius 1 is 1.33 bits per heavy atom. The van der Waals surface area contributed by atoms with E-state index in [-0.39, 0.29) is 6.79 Å². The zero-order valence-corrected chi connectivity index (χ0v) is 9.75. The van der Waals surface area contributed by atoms with E-state index >= 15 is 0 Å². The number of methoxy groups -OCH3 is 1. The monoisotopic (exact) mass is 248 g/mol. The van der Waals surface area contributed by atoms with Crippen LogP contribution in [0.5, 0.6) is 17.2 Å². The lowest BCUT2D eigenvalue weighted by molar-refractivity contribution is 0.170. The van der Waals surface area contributed by atoms with Crippen LogP contribution in [0.4, 0.5) is 0 Å². The largest absolute Gasteiger partial charge is 0.493 e. The van der Waals surface area contributed by atoms with E-state index in [1.165, 1.54) is 6.26 Å². The lowest BCUT2D eigenvalue weighted by Gasteiger charge is -2.11. The Labute approximate surface area is 104 Å². The molecule has 1 aromatic carbocycles. The van der Waals surface area contributed by atoms with E-state index in [0.717, 1.165) is 0 Å². The number of furan rings is 1. The summed E-state index contributed by atoms with van der Waals surface area (Å²) >= 11 is 0. The number of aliphatic hydroxyl groups excluding tert-OH is 1. The van der Waals surface area contributed by atoms with Crippen molar-refractivity contribution in [2.75, 3.05) is 13.9 Å². The zero-order chi connectivity index (χ0) is 12.5. The van der Waals surface area contributed by atoms with E-state index in [0.29, 0.717) is 28.6 Å². The molecule has 0 bridgehead atoms. The van der Waals surface area contributed by atoms with Crippen LogP contribution >= 0.6 is 0 Å². The fraction of sp³-hybridized carbons (Fsp3) is 0.231. The standard InChI is InChI=1S/C13H12O5/c1-15-10-5-8(6-11-13(10)18-7-17-11)12(14)9-3-2-4-16-9/h2-6,12,14H,7H2,1H3. The molecule has 1 unspecified atom stereocenters. The number of rotatable bonds is 3. The molecule has 94 valence electrons. The third kappa shape index (κ3) is 1.69. The molecule has 1 aliphatic heterocycles. The fourth-order valence-electron chi connectivity index (χ4n) is 1.92. The first-order chi connectivity index (χ1) is 8.79. The van der Waals surface area contributed by atoms with Gasteiger partial charge in [0.1, 0.15) is 11.9 Å². The number of hydrogen-bond acceptors (Lipinski definition) is 5. The number of fused-ring (bicyclic) bond motifs is 1. The molecule has 18 heavy (non-hydrogen) atoms. The Kier molecular flexibility index (Phi) is 2.60. The molecule has 5 heteroatoms. The van der Waals surface area contributed by atoms with Crippen LogP contribution in [0.15, 0.2) is 34.9 Å². The van der Waals surface area contributed by atoms with Crippen LogP contribution in [0.25, 0.3) is 0 Å². The molecule has 0 amide bonds. The minimum atomic E-state index is -0.858. The lowest BCUT2D eigenvalue weighted by atomic mass is 10.1. The average molecular weight is 248 g/mol. The molecule has 2 aromatic rings. The van der Waals surface area contributed by atoms with Gasteiger partial charge in [0.2, 0.25) is 12.5 Å². The second-order valence-electron chi connectivity index (χ2n) is 3.87. The smallest absolute Gasteiger partial charge is 0.231 e. The normalized spacial score (nSPS) is 14.6. The summed E-state index contributed by atoms with van der Waals surface area (Å²) in [5, 5.41) is 10.2. The van der Waals surface area contributed by atoms with Crippen LogP contribution in [-0.2, 0) is 0 Å². The molecule has 3 rings (SSSR count). The topological polar surface area (TPSA) is 61.1 Å². The van der Waals surface area contributed by atoms with Gasteiger partial charge >= 0.3 is 0 Å². The van der Waals surface area contributed by atoms with Crippen molar-refractivity contribution in [3.8, 4) is 17.2 Å². The Hall–Kier alpha value is -2.14. The predicted molar refractivity (Wildman–Crippen MR) is 61.9 cm³/mol. The summed E-state index contributed by atoms with van der Waals surface area (Å²) in [7, 11) is 1.54. The highest BCUT2D eigenvalue weighted by molar-refractivity contribution is 5.56. The fourth-order valence-corrected chi connectivity index (χ4v) is 1.92. The number of benzene rings is 1. The molecular weight excluding hydrogens is 236 g/mol. The molecule has 2 heterocycles. The Balaban J connectivity index is 2.03. The van der Waals surface area contributed by atoms with Gasteiger partial charge in [-0.2, -0.15) is 0 Å². The summed E-state index contributed by atoms with van der Waals surface area (Å²) in [4.78, 5) is 0. The maximum atomic E-state index is 10.2. The molecule has 0 saturated heterocycles. The molecule has 1 aromatic heterocycles. The molecule has 0 radical (unpaired) electrons. The maximum Gasteiger partial charge on any atom is 0.231 e. The molecule has 0 aliphatic carbocycles. The molecule has 1 N–H and O–H groups in total. The van der Waals surface area contributed by atoms with Crippen molar-refractivity contribution in [2.24, 2.45) is 0 Å². The molecule has 1 aliphatic rings. The lowest BCUT2D eigenvalue weighted by Crippen LogP contribution is -1.99. The Bertz CT molecular complexity index is 547. The van der Waals surface area contributed by atoms with Gasteiger partial charge in [-0.05, 0) is 29.8 Å². The average Bonchev–Trinajstić information content (AvgIpc) is 3.07.